The molecular weight excluding hydrogens is 208 g/mol. The van der Waals surface area contributed by atoms with Crippen LogP contribution in [0.25, 0.3) is 0 Å². The van der Waals surface area contributed by atoms with E-state index in [4.69, 9.17) is 9.47 Å². The van der Waals surface area contributed by atoms with E-state index >= 15 is 0 Å². The molecule has 0 aromatic carbocycles. The molecule has 1 amide bonds. The highest BCUT2D eigenvalue weighted by Crippen LogP contribution is 2.06. The van der Waals surface area contributed by atoms with Gasteiger partial charge < -0.3 is 20.1 Å². The van der Waals surface area contributed by atoms with Gasteiger partial charge in [-0.15, -0.1) is 0 Å². The molecule has 94 valence electrons. The lowest BCUT2D eigenvalue weighted by Crippen LogP contribution is -2.49. The van der Waals surface area contributed by atoms with Crippen LogP contribution < -0.4 is 10.6 Å². The van der Waals surface area contributed by atoms with E-state index in [1.54, 1.807) is 7.11 Å². The Morgan fingerprint density at radius 1 is 1.44 bits per heavy atom. The van der Waals surface area contributed by atoms with E-state index < -0.39 is 0 Å². The smallest absolute Gasteiger partial charge is 0.246 e. The first-order valence-corrected chi connectivity index (χ1v) is 5.81. The van der Waals surface area contributed by atoms with Crippen molar-refractivity contribution in [2.24, 2.45) is 0 Å². The Morgan fingerprint density at radius 2 is 2.25 bits per heavy atom. The summed E-state index contributed by atoms with van der Waals surface area (Å²) in [6.45, 7) is 4.12. The fraction of sp³-hybridized carbons (Fsp3) is 0.909. The van der Waals surface area contributed by atoms with Crippen LogP contribution in [0.3, 0.4) is 0 Å². The largest absolute Gasteiger partial charge is 0.382 e. The molecule has 2 unspecified atom stereocenters. The van der Waals surface area contributed by atoms with Gasteiger partial charge in [-0.2, -0.15) is 0 Å². The Kier molecular flexibility index (Phi) is 6.37. The van der Waals surface area contributed by atoms with Gasteiger partial charge >= 0.3 is 0 Å². The predicted octanol–water partition coefficient (Wildman–Crippen LogP) is -0.0939. The monoisotopic (exact) mass is 230 g/mol. The van der Waals surface area contributed by atoms with Crippen LogP contribution >= 0.6 is 0 Å². The molecule has 0 saturated carbocycles. The first-order chi connectivity index (χ1) is 7.72. The van der Waals surface area contributed by atoms with E-state index in [1.165, 1.54) is 0 Å². The Balaban J connectivity index is 2.05. The van der Waals surface area contributed by atoms with Gasteiger partial charge in [0.15, 0.2) is 0 Å². The molecule has 0 spiro atoms. The van der Waals surface area contributed by atoms with Crippen molar-refractivity contribution in [3.63, 3.8) is 0 Å². The summed E-state index contributed by atoms with van der Waals surface area (Å²) in [5, 5.41) is 6.29. The second kappa shape index (κ2) is 7.60. The predicted molar refractivity (Wildman–Crippen MR) is 61.3 cm³/mol. The molecule has 16 heavy (non-hydrogen) atoms. The number of carbonyl (C=O) groups is 1. The summed E-state index contributed by atoms with van der Waals surface area (Å²) in [5.74, 6) is -0.0440. The first-order valence-electron chi connectivity index (χ1n) is 5.81. The SMILES string of the molecule is COCCOCC(=O)NC1CCC(C)NC1. The quantitative estimate of drug-likeness (QED) is 0.626. The number of piperidine rings is 1. The molecular formula is C11H22N2O3. The lowest BCUT2D eigenvalue weighted by molar-refractivity contribution is -0.127. The van der Waals surface area contributed by atoms with Crippen molar-refractivity contribution >= 4 is 5.91 Å². The molecule has 5 nitrogen and oxygen atoms in total. The van der Waals surface area contributed by atoms with Crippen molar-refractivity contribution in [3.8, 4) is 0 Å². The molecule has 0 aliphatic carbocycles. The Bertz CT molecular complexity index is 203. The topological polar surface area (TPSA) is 59.6 Å². The summed E-state index contributed by atoms with van der Waals surface area (Å²) >= 11 is 0. The van der Waals surface area contributed by atoms with Crippen LogP contribution in [-0.2, 0) is 14.3 Å². The van der Waals surface area contributed by atoms with Gasteiger partial charge in [0, 0.05) is 25.7 Å². The number of carbonyl (C=O) groups excluding carboxylic acids is 1. The third kappa shape index (κ3) is 5.44. The van der Waals surface area contributed by atoms with Gasteiger partial charge in [-0.3, -0.25) is 4.79 Å². The number of amides is 1. The number of hydrogen-bond acceptors (Lipinski definition) is 4. The average molecular weight is 230 g/mol. The first kappa shape index (κ1) is 13.4. The molecule has 1 heterocycles. The fourth-order valence-electron chi connectivity index (χ4n) is 1.70. The van der Waals surface area contributed by atoms with Crippen LogP contribution in [0.5, 0.6) is 0 Å². The van der Waals surface area contributed by atoms with Crippen molar-refractivity contribution in [2.75, 3.05) is 33.5 Å². The summed E-state index contributed by atoms with van der Waals surface area (Å²) in [6, 6.07) is 0.806. The summed E-state index contributed by atoms with van der Waals surface area (Å²) in [5.41, 5.74) is 0. The third-order valence-electron chi connectivity index (χ3n) is 2.69. The molecule has 2 N–H and O–H groups in total. The molecule has 0 bridgehead atoms. The van der Waals surface area contributed by atoms with Crippen molar-refractivity contribution in [2.45, 2.75) is 31.8 Å². The summed E-state index contributed by atoms with van der Waals surface area (Å²) in [4.78, 5) is 11.5. The normalized spacial score (nSPS) is 25.4. The minimum atomic E-state index is -0.0440. The van der Waals surface area contributed by atoms with Gasteiger partial charge in [0.1, 0.15) is 6.61 Å². The highest BCUT2D eigenvalue weighted by atomic mass is 16.5. The highest BCUT2D eigenvalue weighted by Gasteiger charge is 2.18. The average Bonchev–Trinajstić information content (AvgIpc) is 2.28. The summed E-state index contributed by atoms with van der Waals surface area (Å²) in [7, 11) is 1.61. The molecule has 1 saturated heterocycles. The molecule has 0 aromatic heterocycles. The van der Waals surface area contributed by atoms with Crippen LogP contribution in [0, 0.1) is 0 Å². The lowest BCUT2D eigenvalue weighted by Gasteiger charge is -2.28. The molecule has 1 fully saturated rings. The van der Waals surface area contributed by atoms with Crippen molar-refractivity contribution in [3.05, 3.63) is 0 Å². The highest BCUT2D eigenvalue weighted by molar-refractivity contribution is 5.77. The molecule has 0 aromatic rings. The second-order valence-corrected chi connectivity index (χ2v) is 4.20. The zero-order chi connectivity index (χ0) is 11.8. The number of methoxy groups -OCH3 is 1. The Labute approximate surface area is 96.9 Å². The summed E-state index contributed by atoms with van der Waals surface area (Å²) in [6.07, 6.45) is 2.15. The van der Waals surface area contributed by atoms with Gasteiger partial charge in [0.2, 0.25) is 5.91 Å². The standard InChI is InChI=1S/C11H22N2O3/c1-9-3-4-10(7-12-9)13-11(14)8-16-6-5-15-2/h9-10,12H,3-8H2,1-2H3,(H,13,14). The molecule has 1 aliphatic heterocycles. The lowest BCUT2D eigenvalue weighted by atomic mass is 10.0. The zero-order valence-corrected chi connectivity index (χ0v) is 10.1. The van der Waals surface area contributed by atoms with E-state index in [0.717, 1.165) is 19.4 Å². The van der Waals surface area contributed by atoms with E-state index in [-0.39, 0.29) is 18.6 Å². The minimum absolute atomic E-state index is 0.0440. The van der Waals surface area contributed by atoms with Gasteiger partial charge in [0.05, 0.1) is 13.2 Å². The van der Waals surface area contributed by atoms with E-state index in [0.29, 0.717) is 19.3 Å². The van der Waals surface area contributed by atoms with Crippen LogP contribution in [0.4, 0.5) is 0 Å². The van der Waals surface area contributed by atoms with Gasteiger partial charge in [0.25, 0.3) is 0 Å². The molecule has 5 heteroatoms. The number of hydrogen-bond donors (Lipinski definition) is 2. The number of rotatable bonds is 6. The van der Waals surface area contributed by atoms with Gasteiger partial charge in [-0.1, -0.05) is 0 Å². The summed E-state index contributed by atoms with van der Waals surface area (Å²) < 4.78 is 9.96. The molecule has 1 rings (SSSR count). The van der Waals surface area contributed by atoms with Crippen molar-refractivity contribution in [1.29, 1.82) is 0 Å². The maximum absolute atomic E-state index is 11.5. The minimum Gasteiger partial charge on any atom is -0.382 e. The Hall–Kier alpha value is -0.650. The van der Waals surface area contributed by atoms with Crippen molar-refractivity contribution < 1.29 is 14.3 Å². The van der Waals surface area contributed by atoms with Gasteiger partial charge in [-0.05, 0) is 19.8 Å². The molecule has 1 aliphatic rings. The Morgan fingerprint density at radius 3 is 2.88 bits per heavy atom. The maximum atomic E-state index is 11.5. The van der Waals surface area contributed by atoms with Crippen LogP contribution in [0.15, 0.2) is 0 Å². The number of ether oxygens (including phenoxy) is 2. The number of nitrogens with one attached hydrogen (secondary N) is 2. The van der Waals surface area contributed by atoms with E-state index in [9.17, 15) is 4.79 Å². The molecule has 2 atom stereocenters. The van der Waals surface area contributed by atoms with Crippen molar-refractivity contribution in [1.82, 2.24) is 10.6 Å². The van der Waals surface area contributed by atoms with Crippen LogP contribution in [0.2, 0.25) is 0 Å². The van der Waals surface area contributed by atoms with Crippen LogP contribution in [0.1, 0.15) is 19.8 Å². The fourth-order valence-corrected chi connectivity index (χ4v) is 1.70. The van der Waals surface area contributed by atoms with Crippen LogP contribution in [-0.4, -0.2) is 51.5 Å². The van der Waals surface area contributed by atoms with E-state index in [1.807, 2.05) is 0 Å². The second-order valence-electron chi connectivity index (χ2n) is 4.20. The molecule has 0 radical (unpaired) electrons. The maximum Gasteiger partial charge on any atom is 0.246 e. The van der Waals surface area contributed by atoms with E-state index in [2.05, 4.69) is 17.6 Å². The van der Waals surface area contributed by atoms with Gasteiger partial charge in [-0.25, -0.2) is 0 Å². The third-order valence-corrected chi connectivity index (χ3v) is 2.69. The zero-order valence-electron chi connectivity index (χ0n) is 10.1.